The Labute approximate surface area is 165 Å². The molecule has 0 radical (unpaired) electrons. The second-order valence-electron chi connectivity index (χ2n) is 6.10. The number of nitrogens with zero attached hydrogens (tertiary/aromatic N) is 1. The highest BCUT2D eigenvalue weighted by molar-refractivity contribution is 9.10. The summed E-state index contributed by atoms with van der Waals surface area (Å²) in [6.45, 7) is 4.20. The number of carbonyl (C=O) groups is 1. The maximum atomic E-state index is 14.1. The fourth-order valence-corrected chi connectivity index (χ4v) is 3.29. The van der Waals surface area contributed by atoms with E-state index in [1.807, 2.05) is 12.1 Å². The monoisotopic (exact) mass is 431 g/mol. The van der Waals surface area contributed by atoms with Gasteiger partial charge in [0.2, 0.25) is 5.91 Å². The summed E-state index contributed by atoms with van der Waals surface area (Å²) in [5, 5.41) is 0.858. The van der Waals surface area contributed by atoms with Gasteiger partial charge in [0.1, 0.15) is 17.1 Å². The first-order valence-electron chi connectivity index (χ1n) is 8.38. The van der Waals surface area contributed by atoms with Gasteiger partial charge in [0.15, 0.2) is 0 Å². The van der Waals surface area contributed by atoms with Crippen molar-refractivity contribution < 1.29 is 18.3 Å². The second kappa shape index (κ2) is 8.39. The van der Waals surface area contributed by atoms with Crippen molar-refractivity contribution in [2.45, 2.75) is 13.0 Å². The molecule has 0 aliphatic carbocycles. The standard InChI is InChI=1S/C21H19BrFNO3/c1-3-8-24(12-14-9-16(22)4-7-19(14)23)21(25)10-15-13-27-20-11-17(26-2)5-6-18(15)20/h3-7,9,11,13H,1,8,10,12H2,2H3. The van der Waals surface area contributed by atoms with E-state index < -0.39 is 0 Å². The van der Waals surface area contributed by atoms with Gasteiger partial charge in [-0.25, -0.2) is 4.39 Å². The number of halogens is 2. The molecule has 0 aliphatic rings. The lowest BCUT2D eigenvalue weighted by atomic mass is 10.1. The molecule has 27 heavy (non-hydrogen) atoms. The molecule has 0 N–H and O–H groups in total. The average Bonchev–Trinajstić information content (AvgIpc) is 3.06. The van der Waals surface area contributed by atoms with Crippen LogP contribution in [0.5, 0.6) is 5.75 Å². The maximum Gasteiger partial charge on any atom is 0.227 e. The van der Waals surface area contributed by atoms with E-state index in [2.05, 4.69) is 22.5 Å². The quantitative estimate of drug-likeness (QED) is 0.488. The predicted molar refractivity (Wildman–Crippen MR) is 106 cm³/mol. The molecule has 3 rings (SSSR count). The Morgan fingerprint density at radius 2 is 2.11 bits per heavy atom. The number of hydrogen-bond acceptors (Lipinski definition) is 3. The van der Waals surface area contributed by atoms with Crippen LogP contribution < -0.4 is 4.74 Å². The third-order valence-corrected chi connectivity index (χ3v) is 4.77. The zero-order valence-electron chi connectivity index (χ0n) is 14.9. The van der Waals surface area contributed by atoms with E-state index in [-0.39, 0.29) is 24.7 Å². The molecule has 0 saturated carbocycles. The molecule has 1 amide bonds. The van der Waals surface area contributed by atoms with Crippen molar-refractivity contribution >= 4 is 32.8 Å². The van der Waals surface area contributed by atoms with Crippen molar-refractivity contribution in [3.8, 4) is 5.75 Å². The molecule has 6 heteroatoms. The lowest BCUT2D eigenvalue weighted by Crippen LogP contribution is -2.32. The number of amides is 1. The highest BCUT2D eigenvalue weighted by Gasteiger charge is 2.18. The Kier molecular flexibility index (Phi) is 5.96. The van der Waals surface area contributed by atoms with Gasteiger partial charge in [0.25, 0.3) is 0 Å². The summed E-state index contributed by atoms with van der Waals surface area (Å²) in [4.78, 5) is 14.4. The molecule has 3 aromatic rings. The van der Waals surface area contributed by atoms with Gasteiger partial charge in [0.05, 0.1) is 19.8 Å². The van der Waals surface area contributed by atoms with Gasteiger partial charge in [-0.05, 0) is 30.3 Å². The average molecular weight is 432 g/mol. The van der Waals surface area contributed by atoms with E-state index in [1.165, 1.54) is 6.07 Å². The van der Waals surface area contributed by atoms with Crippen LogP contribution in [-0.2, 0) is 17.8 Å². The van der Waals surface area contributed by atoms with Crippen molar-refractivity contribution in [2.24, 2.45) is 0 Å². The third kappa shape index (κ3) is 4.39. The fraction of sp³-hybridized carbons (Fsp3) is 0.190. The topological polar surface area (TPSA) is 42.7 Å². The van der Waals surface area contributed by atoms with E-state index in [0.717, 1.165) is 15.4 Å². The van der Waals surface area contributed by atoms with Crippen LogP contribution in [0.4, 0.5) is 4.39 Å². The number of methoxy groups -OCH3 is 1. The Morgan fingerprint density at radius 1 is 1.30 bits per heavy atom. The molecule has 1 heterocycles. The number of carbonyl (C=O) groups excluding carboxylic acids is 1. The molecule has 0 unspecified atom stereocenters. The lowest BCUT2D eigenvalue weighted by molar-refractivity contribution is -0.130. The summed E-state index contributed by atoms with van der Waals surface area (Å²) in [5.41, 5.74) is 1.88. The minimum Gasteiger partial charge on any atom is -0.497 e. The first kappa shape index (κ1) is 19.2. The van der Waals surface area contributed by atoms with Crippen molar-refractivity contribution in [3.63, 3.8) is 0 Å². The van der Waals surface area contributed by atoms with Crippen molar-refractivity contribution in [1.29, 1.82) is 0 Å². The van der Waals surface area contributed by atoms with Crippen molar-refractivity contribution in [1.82, 2.24) is 4.90 Å². The van der Waals surface area contributed by atoms with Gasteiger partial charge in [0, 0.05) is 40.1 Å². The van der Waals surface area contributed by atoms with Crippen LogP contribution in [0.15, 0.2) is 64.2 Å². The summed E-state index contributed by atoms with van der Waals surface area (Å²) in [6.07, 6.45) is 3.36. The van der Waals surface area contributed by atoms with Gasteiger partial charge in [-0.3, -0.25) is 4.79 Å². The largest absolute Gasteiger partial charge is 0.497 e. The number of furan rings is 1. The van der Waals surface area contributed by atoms with Gasteiger partial charge < -0.3 is 14.1 Å². The molecule has 0 spiro atoms. The molecule has 0 atom stereocenters. The van der Waals surface area contributed by atoms with Crippen molar-refractivity contribution in [3.05, 3.63) is 76.7 Å². The molecule has 140 valence electrons. The van der Waals surface area contributed by atoms with E-state index >= 15 is 0 Å². The molecule has 4 nitrogen and oxygen atoms in total. The summed E-state index contributed by atoms with van der Waals surface area (Å²) < 4.78 is 25.6. The fourth-order valence-electron chi connectivity index (χ4n) is 2.88. The Balaban J connectivity index is 1.81. The van der Waals surface area contributed by atoms with Gasteiger partial charge >= 0.3 is 0 Å². The minimum absolute atomic E-state index is 0.132. The van der Waals surface area contributed by atoms with Crippen LogP contribution >= 0.6 is 15.9 Å². The number of rotatable bonds is 7. The van der Waals surface area contributed by atoms with Crippen LogP contribution in [0, 0.1) is 5.82 Å². The molecule has 0 aliphatic heterocycles. The third-order valence-electron chi connectivity index (χ3n) is 4.28. The Hall–Kier alpha value is -2.60. The van der Waals surface area contributed by atoms with Crippen molar-refractivity contribution in [2.75, 3.05) is 13.7 Å². The normalized spacial score (nSPS) is 10.8. The van der Waals surface area contributed by atoms with Crippen LogP contribution in [0.1, 0.15) is 11.1 Å². The highest BCUT2D eigenvalue weighted by Crippen LogP contribution is 2.26. The zero-order valence-corrected chi connectivity index (χ0v) is 16.5. The van der Waals surface area contributed by atoms with Crippen LogP contribution in [0.3, 0.4) is 0 Å². The predicted octanol–water partition coefficient (Wildman–Crippen LogP) is 5.10. The number of fused-ring (bicyclic) bond motifs is 1. The van der Waals surface area contributed by atoms with Gasteiger partial charge in [-0.15, -0.1) is 6.58 Å². The summed E-state index contributed by atoms with van der Waals surface area (Å²) in [6, 6.07) is 10.2. The van der Waals surface area contributed by atoms with Crippen LogP contribution in [0.2, 0.25) is 0 Å². The van der Waals surface area contributed by atoms with Crippen LogP contribution in [-0.4, -0.2) is 24.5 Å². The molecule has 0 fully saturated rings. The second-order valence-corrected chi connectivity index (χ2v) is 7.01. The number of benzene rings is 2. The first-order chi connectivity index (χ1) is 13.0. The molecule has 1 aromatic heterocycles. The van der Waals surface area contributed by atoms with E-state index in [4.69, 9.17) is 9.15 Å². The van der Waals surface area contributed by atoms with Gasteiger partial charge in [-0.1, -0.05) is 22.0 Å². The molecular weight excluding hydrogens is 413 g/mol. The zero-order chi connectivity index (χ0) is 19.4. The summed E-state index contributed by atoms with van der Waals surface area (Å²) >= 11 is 3.34. The summed E-state index contributed by atoms with van der Waals surface area (Å²) in [5.74, 6) is 0.210. The Morgan fingerprint density at radius 3 is 2.85 bits per heavy atom. The SMILES string of the molecule is C=CCN(Cc1cc(Br)ccc1F)C(=O)Cc1coc2cc(OC)ccc12. The van der Waals surface area contributed by atoms with E-state index in [1.54, 1.807) is 42.5 Å². The number of hydrogen-bond donors (Lipinski definition) is 0. The molecular formula is C21H19BrFNO3. The smallest absolute Gasteiger partial charge is 0.227 e. The van der Waals surface area contributed by atoms with E-state index in [0.29, 0.717) is 23.4 Å². The minimum atomic E-state index is -0.346. The maximum absolute atomic E-state index is 14.1. The summed E-state index contributed by atoms with van der Waals surface area (Å²) in [7, 11) is 1.59. The molecule has 0 bridgehead atoms. The van der Waals surface area contributed by atoms with Crippen LogP contribution in [0.25, 0.3) is 11.0 Å². The first-order valence-corrected chi connectivity index (χ1v) is 9.18. The highest BCUT2D eigenvalue weighted by atomic mass is 79.9. The molecule has 2 aromatic carbocycles. The molecule has 0 saturated heterocycles. The number of ether oxygens (including phenoxy) is 1. The Bertz CT molecular complexity index is 983. The lowest BCUT2D eigenvalue weighted by Gasteiger charge is -2.21. The van der Waals surface area contributed by atoms with Gasteiger partial charge in [-0.2, -0.15) is 0 Å². The van der Waals surface area contributed by atoms with E-state index in [9.17, 15) is 9.18 Å².